The van der Waals surface area contributed by atoms with Gasteiger partial charge in [-0.1, -0.05) is 0 Å². The fourth-order valence-electron chi connectivity index (χ4n) is 1.32. The van der Waals surface area contributed by atoms with E-state index in [1.807, 2.05) is 12.3 Å². The van der Waals surface area contributed by atoms with Crippen LogP contribution in [0.1, 0.15) is 17.2 Å². The van der Waals surface area contributed by atoms with E-state index in [1.165, 1.54) is 0 Å². The second-order valence-corrected chi connectivity index (χ2v) is 3.90. The molecule has 1 aromatic heterocycles. The number of halogens is 1. The normalized spacial score (nSPS) is 19.8. The minimum Gasteiger partial charge on any atom is -0.377 e. The van der Waals surface area contributed by atoms with E-state index in [0.29, 0.717) is 0 Å². The maximum atomic E-state index is 10.7. The smallest absolute Gasteiger partial charge is 0.146 e. The third-order valence-corrected chi connectivity index (χ3v) is 2.86. The lowest BCUT2D eigenvalue weighted by Crippen LogP contribution is -2.21. The molecule has 1 aliphatic rings. The first-order chi connectivity index (χ1) is 6.33. The highest BCUT2D eigenvalue weighted by Crippen LogP contribution is 2.30. The first-order valence-corrected chi connectivity index (χ1v) is 4.92. The van der Waals surface area contributed by atoms with E-state index in [0.717, 1.165) is 21.0 Å². The monoisotopic (exact) mass is 286 g/mol. The van der Waals surface area contributed by atoms with Crippen molar-refractivity contribution in [3.8, 4) is 0 Å². The standard InChI is InChI=1S/C9H7IN2O/c10-8-4-12-9(5-13)7-3-11-2-1-6(7)8/h1-5,9,12H. The van der Waals surface area contributed by atoms with Crippen LogP contribution >= 0.6 is 22.6 Å². The van der Waals surface area contributed by atoms with Crippen molar-refractivity contribution in [1.29, 1.82) is 0 Å². The van der Waals surface area contributed by atoms with Gasteiger partial charge in [0.2, 0.25) is 0 Å². The molecule has 1 aliphatic heterocycles. The molecule has 0 fully saturated rings. The number of pyridine rings is 1. The molecule has 13 heavy (non-hydrogen) atoms. The first-order valence-electron chi connectivity index (χ1n) is 3.84. The summed E-state index contributed by atoms with van der Waals surface area (Å²) < 4.78 is 1.10. The van der Waals surface area contributed by atoms with Gasteiger partial charge < -0.3 is 10.1 Å². The zero-order valence-corrected chi connectivity index (χ0v) is 8.86. The van der Waals surface area contributed by atoms with E-state index in [-0.39, 0.29) is 6.04 Å². The molecule has 66 valence electrons. The highest BCUT2D eigenvalue weighted by Gasteiger charge is 2.18. The number of nitrogens with zero attached hydrogens (tertiary/aromatic N) is 1. The zero-order valence-electron chi connectivity index (χ0n) is 6.70. The molecule has 1 atom stereocenters. The molecule has 0 amide bonds. The Hall–Kier alpha value is -0.910. The Morgan fingerprint density at radius 3 is 3.23 bits per heavy atom. The topological polar surface area (TPSA) is 42.0 Å². The highest BCUT2D eigenvalue weighted by molar-refractivity contribution is 14.1. The number of carbonyl (C=O) groups excluding carboxylic acids is 1. The van der Waals surface area contributed by atoms with Crippen molar-refractivity contribution in [2.24, 2.45) is 0 Å². The number of aldehydes is 1. The van der Waals surface area contributed by atoms with Gasteiger partial charge >= 0.3 is 0 Å². The molecule has 0 aromatic carbocycles. The van der Waals surface area contributed by atoms with Crippen LogP contribution in [0, 0.1) is 0 Å². The van der Waals surface area contributed by atoms with E-state index >= 15 is 0 Å². The number of rotatable bonds is 1. The third kappa shape index (κ3) is 1.46. The van der Waals surface area contributed by atoms with E-state index in [9.17, 15) is 4.79 Å². The van der Waals surface area contributed by atoms with Crippen LogP contribution in [0.4, 0.5) is 0 Å². The van der Waals surface area contributed by atoms with Crippen molar-refractivity contribution >= 4 is 32.5 Å². The Labute approximate surface area is 89.4 Å². The van der Waals surface area contributed by atoms with Gasteiger partial charge in [-0.05, 0) is 34.2 Å². The highest BCUT2D eigenvalue weighted by atomic mass is 127. The summed E-state index contributed by atoms with van der Waals surface area (Å²) in [5, 5.41) is 3.00. The van der Waals surface area contributed by atoms with Gasteiger partial charge in [-0.25, -0.2) is 0 Å². The fourth-order valence-corrected chi connectivity index (χ4v) is 1.99. The maximum absolute atomic E-state index is 10.7. The largest absolute Gasteiger partial charge is 0.377 e. The molecule has 3 nitrogen and oxygen atoms in total. The molecular formula is C9H7IN2O. The van der Waals surface area contributed by atoms with E-state index < -0.39 is 0 Å². The maximum Gasteiger partial charge on any atom is 0.146 e. The first kappa shape index (κ1) is 8.68. The molecule has 0 radical (unpaired) electrons. The number of hydrogen-bond acceptors (Lipinski definition) is 3. The summed E-state index contributed by atoms with van der Waals surface area (Å²) in [6, 6.07) is 1.67. The molecule has 2 rings (SSSR count). The summed E-state index contributed by atoms with van der Waals surface area (Å²) in [7, 11) is 0. The van der Waals surface area contributed by atoms with E-state index in [1.54, 1.807) is 12.4 Å². The summed E-state index contributed by atoms with van der Waals surface area (Å²) in [4.78, 5) is 14.7. The average Bonchev–Trinajstić information content (AvgIpc) is 2.19. The number of nitrogens with one attached hydrogen (secondary N) is 1. The van der Waals surface area contributed by atoms with Crippen LogP contribution in [-0.4, -0.2) is 11.3 Å². The molecule has 4 heteroatoms. The summed E-state index contributed by atoms with van der Waals surface area (Å²) >= 11 is 2.23. The van der Waals surface area contributed by atoms with Crippen LogP contribution in [0.15, 0.2) is 24.7 Å². The van der Waals surface area contributed by atoms with Crippen LogP contribution < -0.4 is 5.32 Å². The van der Waals surface area contributed by atoms with Gasteiger partial charge in [-0.2, -0.15) is 0 Å². The molecule has 0 aliphatic carbocycles. The fraction of sp³-hybridized carbons (Fsp3) is 0.111. The zero-order chi connectivity index (χ0) is 9.26. The molecule has 0 bridgehead atoms. The van der Waals surface area contributed by atoms with Crippen molar-refractivity contribution in [2.45, 2.75) is 6.04 Å². The molecule has 2 heterocycles. The van der Waals surface area contributed by atoms with E-state index in [4.69, 9.17) is 0 Å². The number of fused-ring (bicyclic) bond motifs is 1. The molecule has 1 unspecified atom stereocenters. The Morgan fingerprint density at radius 2 is 2.46 bits per heavy atom. The van der Waals surface area contributed by atoms with Gasteiger partial charge in [0.15, 0.2) is 0 Å². The average molecular weight is 286 g/mol. The van der Waals surface area contributed by atoms with Crippen LogP contribution in [0.5, 0.6) is 0 Å². The Morgan fingerprint density at radius 1 is 1.62 bits per heavy atom. The molecule has 0 spiro atoms. The van der Waals surface area contributed by atoms with Gasteiger partial charge in [0.1, 0.15) is 12.3 Å². The minimum atomic E-state index is -0.248. The summed E-state index contributed by atoms with van der Waals surface area (Å²) in [6.45, 7) is 0. The van der Waals surface area contributed by atoms with Crippen molar-refractivity contribution in [2.75, 3.05) is 0 Å². The number of carbonyl (C=O) groups is 1. The number of hydrogen-bond donors (Lipinski definition) is 1. The van der Waals surface area contributed by atoms with Crippen LogP contribution in [0.2, 0.25) is 0 Å². The quantitative estimate of drug-likeness (QED) is 0.630. The minimum absolute atomic E-state index is 0.248. The molecule has 1 aromatic rings. The van der Waals surface area contributed by atoms with Gasteiger partial charge in [0, 0.05) is 27.7 Å². The Bertz CT molecular complexity index is 376. The van der Waals surface area contributed by atoms with Crippen LogP contribution in [-0.2, 0) is 4.79 Å². The van der Waals surface area contributed by atoms with Crippen molar-refractivity contribution in [3.05, 3.63) is 35.8 Å². The summed E-state index contributed by atoms with van der Waals surface area (Å²) in [6.07, 6.45) is 6.20. The van der Waals surface area contributed by atoms with Gasteiger partial charge in [0.25, 0.3) is 0 Å². The molecule has 1 N–H and O–H groups in total. The van der Waals surface area contributed by atoms with Crippen molar-refractivity contribution in [1.82, 2.24) is 10.3 Å². The lowest BCUT2D eigenvalue weighted by Gasteiger charge is -2.20. The predicted molar refractivity (Wildman–Crippen MR) is 58.2 cm³/mol. The third-order valence-electron chi connectivity index (χ3n) is 1.97. The summed E-state index contributed by atoms with van der Waals surface area (Å²) in [5.41, 5.74) is 2.04. The van der Waals surface area contributed by atoms with Gasteiger partial charge in [0.05, 0.1) is 0 Å². The molecular weight excluding hydrogens is 279 g/mol. The SMILES string of the molecule is O=CC1NC=C(I)c2ccncc21. The lowest BCUT2D eigenvalue weighted by atomic mass is 10.0. The van der Waals surface area contributed by atoms with E-state index in [2.05, 4.69) is 32.9 Å². The predicted octanol–water partition coefficient (Wildman–Crippen LogP) is 1.66. The van der Waals surface area contributed by atoms with Gasteiger partial charge in [-0.15, -0.1) is 0 Å². The lowest BCUT2D eigenvalue weighted by molar-refractivity contribution is -0.109. The van der Waals surface area contributed by atoms with Gasteiger partial charge in [-0.3, -0.25) is 4.98 Å². The second-order valence-electron chi connectivity index (χ2n) is 2.74. The number of aromatic nitrogens is 1. The summed E-state index contributed by atoms with van der Waals surface area (Å²) in [5.74, 6) is 0. The van der Waals surface area contributed by atoms with Crippen molar-refractivity contribution in [3.63, 3.8) is 0 Å². The van der Waals surface area contributed by atoms with Crippen molar-refractivity contribution < 1.29 is 4.79 Å². The molecule has 0 saturated carbocycles. The molecule has 0 saturated heterocycles. The van der Waals surface area contributed by atoms with Crippen LogP contribution in [0.25, 0.3) is 3.58 Å². The Kier molecular flexibility index (Phi) is 2.30. The Balaban J connectivity index is 2.56. The second kappa shape index (κ2) is 3.45. The van der Waals surface area contributed by atoms with Crippen LogP contribution in [0.3, 0.4) is 0 Å².